The van der Waals surface area contributed by atoms with E-state index in [1.54, 1.807) is 28.8 Å². The number of unbranched alkanes of at least 4 members (excludes halogenated alkanes) is 2. The summed E-state index contributed by atoms with van der Waals surface area (Å²) >= 11 is 13.7. The van der Waals surface area contributed by atoms with Gasteiger partial charge in [-0.2, -0.15) is 0 Å². The highest BCUT2D eigenvalue weighted by Crippen LogP contribution is 2.28. The van der Waals surface area contributed by atoms with E-state index in [0.717, 1.165) is 19.3 Å². The maximum Gasteiger partial charge on any atom is 0.262 e. The fourth-order valence-corrected chi connectivity index (χ4v) is 4.43. The third kappa shape index (κ3) is 4.95. The molecule has 2 aromatic carbocycles. The van der Waals surface area contributed by atoms with Crippen molar-refractivity contribution in [2.45, 2.75) is 43.6 Å². The molecule has 9 heteroatoms. The summed E-state index contributed by atoms with van der Waals surface area (Å²) in [6.45, 7) is 2.74. The minimum absolute atomic E-state index is 0.0671. The van der Waals surface area contributed by atoms with Crippen molar-refractivity contribution in [3.63, 3.8) is 0 Å². The van der Waals surface area contributed by atoms with E-state index in [1.165, 1.54) is 11.8 Å². The highest BCUT2D eigenvalue weighted by molar-refractivity contribution is 7.98. The first-order valence-electron chi connectivity index (χ1n) is 9.97. The quantitative estimate of drug-likeness (QED) is 0.171. The van der Waals surface area contributed by atoms with E-state index < -0.39 is 0 Å². The Kier molecular flexibility index (Phi) is 6.95. The predicted molar refractivity (Wildman–Crippen MR) is 125 cm³/mol. The average molecular weight is 475 g/mol. The molecule has 0 amide bonds. The summed E-state index contributed by atoms with van der Waals surface area (Å²) in [5, 5.41) is 10.5. The fourth-order valence-electron chi connectivity index (χ4n) is 3.18. The first-order valence-corrected chi connectivity index (χ1v) is 11.7. The van der Waals surface area contributed by atoms with E-state index in [0.29, 0.717) is 55.7 Å². The zero-order chi connectivity index (χ0) is 21.8. The van der Waals surface area contributed by atoms with E-state index in [9.17, 15) is 4.79 Å². The van der Waals surface area contributed by atoms with Crippen LogP contribution in [0.25, 0.3) is 22.4 Å². The molecule has 0 saturated carbocycles. The van der Waals surface area contributed by atoms with Crippen molar-refractivity contribution in [1.29, 1.82) is 0 Å². The van der Waals surface area contributed by atoms with E-state index in [1.807, 2.05) is 18.2 Å². The molecule has 0 aliphatic rings. The molecule has 0 aliphatic carbocycles. The van der Waals surface area contributed by atoms with Gasteiger partial charge in [-0.05, 0) is 36.8 Å². The van der Waals surface area contributed by atoms with Crippen LogP contribution in [0.1, 0.15) is 32.1 Å². The van der Waals surface area contributed by atoms with Crippen LogP contribution >= 0.6 is 35.0 Å². The van der Waals surface area contributed by atoms with Gasteiger partial charge in [-0.3, -0.25) is 9.36 Å². The summed E-state index contributed by atoms with van der Waals surface area (Å²) in [6.07, 6.45) is 3.02. The molecule has 31 heavy (non-hydrogen) atoms. The standard InChI is InChI=1S/C22H20Cl2N4O2S/c1-2-3-6-11-28-21(29)16-10-9-14(23)12-18(16)25-22(28)31-13-19-26-27-20(30-19)15-7-4-5-8-17(15)24/h4-5,7-10,12H,2-3,6,11,13H2,1H3. The van der Waals surface area contributed by atoms with Gasteiger partial charge in [0, 0.05) is 11.6 Å². The van der Waals surface area contributed by atoms with Crippen LogP contribution in [0.3, 0.4) is 0 Å². The third-order valence-corrected chi connectivity index (χ3v) is 6.29. The first kappa shape index (κ1) is 21.9. The summed E-state index contributed by atoms with van der Waals surface area (Å²) in [7, 11) is 0. The van der Waals surface area contributed by atoms with Crippen LogP contribution in [-0.2, 0) is 12.3 Å². The summed E-state index contributed by atoms with van der Waals surface area (Å²) < 4.78 is 7.51. The second-order valence-corrected chi connectivity index (χ2v) is 8.78. The number of aromatic nitrogens is 4. The predicted octanol–water partition coefficient (Wildman–Crippen LogP) is 6.24. The zero-order valence-electron chi connectivity index (χ0n) is 16.8. The average Bonchev–Trinajstić information content (AvgIpc) is 3.23. The Balaban J connectivity index is 1.62. The zero-order valence-corrected chi connectivity index (χ0v) is 19.2. The molecule has 160 valence electrons. The van der Waals surface area contributed by atoms with Crippen molar-refractivity contribution in [3.05, 3.63) is 68.8 Å². The van der Waals surface area contributed by atoms with Gasteiger partial charge in [0.1, 0.15) is 0 Å². The lowest BCUT2D eigenvalue weighted by Crippen LogP contribution is -2.23. The second kappa shape index (κ2) is 9.85. The number of fused-ring (bicyclic) bond motifs is 1. The largest absolute Gasteiger partial charge is 0.420 e. The van der Waals surface area contributed by atoms with Crippen LogP contribution in [0.15, 0.2) is 56.8 Å². The van der Waals surface area contributed by atoms with Crippen LogP contribution in [0.5, 0.6) is 0 Å². The molecule has 0 spiro atoms. The molecule has 4 rings (SSSR count). The van der Waals surface area contributed by atoms with Crippen LogP contribution in [-0.4, -0.2) is 19.7 Å². The molecule has 0 aliphatic heterocycles. The van der Waals surface area contributed by atoms with E-state index >= 15 is 0 Å². The van der Waals surface area contributed by atoms with Gasteiger partial charge in [0.2, 0.25) is 11.8 Å². The van der Waals surface area contributed by atoms with Crippen molar-refractivity contribution in [2.24, 2.45) is 0 Å². The molecule has 0 saturated heterocycles. The van der Waals surface area contributed by atoms with Crippen molar-refractivity contribution in [3.8, 4) is 11.5 Å². The van der Waals surface area contributed by atoms with Crippen molar-refractivity contribution >= 4 is 45.9 Å². The lowest BCUT2D eigenvalue weighted by atomic mass is 10.2. The smallest absolute Gasteiger partial charge is 0.262 e. The molecule has 2 aromatic heterocycles. The van der Waals surface area contributed by atoms with Gasteiger partial charge in [-0.1, -0.05) is 66.9 Å². The third-order valence-electron chi connectivity index (χ3n) is 4.76. The van der Waals surface area contributed by atoms with Crippen LogP contribution < -0.4 is 5.56 Å². The first-order chi connectivity index (χ1) is 15.1. The van der Waals surface area contributed by atoms with E-state index in [-0.39, 0.29) is 5.56 Å². The molecule has 0 fully saturated rings. The molecule has 0 unspecified atom stereocenters. The number of hydrogen-bond acceptors (Lipinski definition) is 6. The number of thioether (sulfide) groups is 1. The molecule has 2 heterocycles. The fraction of sp³-hybridized carbons (Fsp3) is 0.273. The number of rotatable bonds is 8. The van der Waals surface area contributed by atoms with E-state index in [4.69, 9.17) is 32.6 Å². The maximum absolute atomic E-state index is 13.1. The van der Waals surface area contributed by atoms with Crippen LogP contribution in [0.4, 0.5) is 0 Å². The van der Waals surface area contributed by atoms with Gasteiger partial charge >= 0.3 is 0 Å². The minimum Gasteiger partial charge on any atom is -0.420 e. The van der Waals surface area contributed by atoms with Crippen LogP contribution in [0, 0.1) is 0 Å². The Morgan fingerprint density at radius 3 is 2.74 bits per heavy atom. The monoisotopic (exact) mass is 474 g/mol. The van der Waals surface area contributed by atoms with Gasteiger partial charge in [-0.25, -0.2) is 4.98 Å². The van der Waals surface area contributed by atoms with Gasteiger partial charge in [0.25, 0.3) is 5.56 Å². The summed E-state index contributed by atoms with van der Waals surface area (Å²) in [5.74, 6) is 1.17. The number of nitrogens with zero attached hydrogens (tertiary/aromatic N) is 4. The summed E-state index contributed by atoms with van der Waals surface area (Å²) in [6, 6.07) is 12.5. The van der Waals surface area contributed by atoms with Crippen molar-refractivity contribution in [2.75, 3.05) is 0 Å². The molecule has 0 bridgehead atoms. The molecular weight excluding hydrogens is 455 g/mol. The van der Waals surface area contributed by atoms with Crippen molar-refractivity contribution < 1.29 is 4.42 Å². The van der Waals surface area contributed by atoms with Gasteiger partial charge in [0.15, 0.2) is 5.16 Å². The summed E-state index contributed by atoms with van der Waals surface area (Å²) in [5.41, 5.74) is 1.19. The summed E-state index contributed by atoms with van der Waals surface area (Å²) in [4.78, 5) is 17.8. The number of hydrogen-bond donors (Lipinski definition) is 0. The molecule has 6 nitrogen and oxygen atoms in total. The Bertz CT molecular complexity index is 1270. The van der Waals surface area contributed by atoms with Crippen molar-refractivity contribution in [1.82, 2.24) is 19.7 Å². The van der Waals surface area contributed by atoms with Gasteiger partial charge in [-0.15, -0.1) is 10.2 Å². The molecule has 0 N–H and O–H groups in total. The highest BCUT2D eigenvalue weighted by atomic mass is 35.5. The van der Waals surface area contributed by atoms with Crippen LogP contribution in [0.2, 0.25) is 10.0 Å². The Morgan fingerprint density at radius 2 is 1.94 bits per heavy atom. The Hall–Kier alpha value is -2.35. The number of benzene rings is 2. The van der Waals surface area contributed by atoms with Gasteiger partial charge < -0.3 is 4.42 Å². The minimum atomic E-state index is -0.0671. The normalized spacial score (nSPS) is 11.3. The maximum atomic E-state index is 13.1. The molecule has 0 atom stereocenters. The molecular formula is C22H20Cl2N4O2S. The lowest BCUT2D eigenvalue weighted by molar-refractivity contribution is 0.525. The second-order valence-electron chi connectivity index (χ2n) is 6.99. The molecule has 4 aromatic rings. The number of halogens is 2. The SMILES string of the molecule is CCCCCn1c(SCc2nnc(-c3ccccc3Cl)o2)nc2cc(Cl)ccc2c1=O. The topological polar surface area (TPSA) is 73.8 Å². The Labute approximate surface area is 193 Å². The highest BCUT2D eigenvalue weighted by Gasteiger charge is 2.15. The Morgan fingerprint density at radius 1 is 1.10 bits per heavy atom. The lowest BCUT2D eigenvalue weighted by Gasteiger charge is -2.12. The van der Waals surface area contributed by atoms with Gasteiger partial charge in [0.05, 0.1) is 27.2 Å². The molecule has 0 radical (unpaired) electrons. The van der Waals surface area contributed by atoms with E-state index in [2.05, 4.69) is 17.1 Å².